The predicted octanol–water partition coefficient (Wildman–Crippen LogP) is 5.51. The van der Waals surface area contributed by atoms with Crippen molar-refractivity contribution < 1.29 is 14.4 Å². The third kappa shape index (κ3) is 3.45. The van der Waals surface area contributed by atoms with Crippen LogP contribution in [0.4, 0.5) is 11.4 Å². The fourth-order valence-corrected chi connectivity index (χ4v) is 4.26. The van der Waals surface area contributed by atoms with E-state index in [-0.39, 0.29) is 0 Å². The first-order chi connectivity index (χ1) is 12.3. The molecule has 0 spiro atoms. The van der Waals surface area contributed by atoms with Gasteiger partial charge in [-0.1, -0.05) is 60.7 Å². The maximum absolute atomic E-state index is 12.5. The summed E-state index contributed by atoms with van der Waals surface area (Å²) in [7, 11) is -4.60. The van der Waals surface area contributed by atoms with Gasteiger partial charge < -0.3 is 9.79 Å². The monoisotopic (exact) mass is 367 g/mol. The van der Waals surface area contributed by atoms with Gasteiger partial charge in [0.1, 0.15) is 0 Å². The van der Waals surface area contributed by atoms with E-state index in [1.54, 1.807) is 12.1 Å². The summed E-state index contributed by atoms with van der Waals surface area (Å²) < 4.78 is 13.7. The van der Waals surface area contributed by atoms with Crippen LogP contribution in [-0.4, -0.2) is 9.79 Å². The Morgan fingerprint density at radius 2 is 1.23 bits per heavy atom. The quantitative estimate of drug-likeness (QED) is 0.597. The second-order valence-electron chi connectivity index (χ2n) is 6.40. The molecule has 0 saturated heterocycles. The maximum Gasteiger partial charge on any atom is 0.434 e. The third-order valence-corrected chi connectivity index (χ3v) is 5.43. The molecule has 0 heterocycles. The van der Waals surface area contributed by atoms with Crippen molar-refractivity contribution in [3.63, 3.8) is 0 Å². The predicted molar refractivity (Wildman–Crippen MR) is 107 cm³/mol. The molecule has 0 atom stereocenters. The summed E-state index contributed by atoms with van der Waals surface area (Å²) in [6.45, 7) is 5.72. The van der Waals surface area contributed by atoms with Crippen molar-refractivity contribution in [2.24, 2.45) is 0 Å². The van der Waals surface area contributed by atoms with Gasteiger partial charge in [0.15, 0.2) is 0 Å². The Bertz CT molecular complexity index is 994. The molecule has 0 radical (unpaired) electrons. The van der Waals surface area contributed by atoms with Crippen molar-refractivity contribution in [1.82, 2.24) is 0 Å². The Morgan fingerprint density at radius 3 is 1.85 bits per heavy atom. The molecule has 3 aromatic rings. The molecule has 2 N–H and O–H groups in total. The molecule has 26 heavy (non-hydrogen) atoms. The van der Waals surface area contributed by atoms with Gasteiger partial charge in [-0.05, 0) is 49.1 Å². The highest BCUT2D eigenvalue weighted by Crippen LogP contribution is 2.54. The summed E-state index contributed by atoms with van der Waals surface area (Å²) in [5.74, 6) is 0. The van der Waals surface area contributed by atoms with Gasteiger partial charge in [0.25, 0.3) is 0 Å². The van der Waals surface area contributed by atoms with Crippen LogP contribution in [0.25, 0.3) is 11.1 Å². The average Bonchev–Trinajstić information content (AvgIpc) is 2.58. The van der Waals surface area contributed by atoms with Crippen LogP contribution in [-0.2, 0) is 4.57 Å². The molecule has 0 saturated carbocycles. The van der Waals surface area contributed by atoms with E-state index in [1.807, 2.05) is 75.4 Å². The molecule has 134 valence electrons. The summed E-state index contributed by atoms with van der Waals surface area (Å²) in [5, 5.41) is 0. The lowest BCUT2D eigenvalue weighted by molar-refractivity contribution is 0.373. The molecule has 0 aromatic heterocycles. The van der Waals surface area contributed by atoms with Crippen LogP contribution in [0.5, 0.6) is 0 Å². The van der Waals surface area contributed by atoms with Crippen LogP contribution in [0, 0.1) is 20.8 Å². The zero-order valence-electron chi connectivity index (χ0n) is 15.0. The lowest BCUT2D eigenvalue weighted by atomic mass is 9.96. The van der Waals surface area contributed by atoms with Crippen LogP contribution in [0.3, 0.4) is 0 Å². The van der Waals surface area contributed by atoms with Gasteiger partial charge in [0.05, 0.1) is 11.4 Å². The van der Waals surface area contributed by atoms with Gasteiger partial charge in [0, 0.05) is 5.56 Å². The molecule has 0 aliphatic carbocycles. The van der Waals surface area contributed by atoms with Gasteiger partial charge in [0.2, 0.25) is 0 Å². The number of rotatable bonds is 4. The van der Waals surface area contributed by atoms with Gasteiger partial charge in [-0.15, -0.1) is 0 Å². The summed E-state index contributed by atoms with van der Waals surface area (Å²) in [5.41, 5.74) is 5.45. The van der Waals surface area contributed by atoms with Crippen LogP contribution in [0.15, 0.2) is 66.7 Å². The molecule has 0 bridgehead atoms. The molecule has 0 aliphatic heterocycles. The zero-order valence-corrected chi connectivity index (χ0v) is 15.9. The minimum Gasteiger partial charge on any atom is -0.308 e. The number of benzene rings is 3. The minimum atomic E-state index is -4.60. The smallest absolute Gasteiger partial charge is 0.308 e. The number of hydrogen-bond donors (Lipinski definition) is 2. The molecular formula is C21H22NO3P. The topological polar surface area (TPSA) is 60.8 Å². The van der Waals surface area contributed by atoms with E-state index < -0.39 is 7.75 Å². The van der Waals surface area contributed by atoms with Crippen LogP contribution in [0.1, 0.15) is 16.7 Å². The van der Waals surface area contributed by atoms with Gasteiger partial charge in [-0.2, -0.15) is 0 Å². The molecule has 5 heteroatoms. The van der Waals surface area contributed by atoms with Crippen molar-refractivity contribution in [3.05, 3.63) is 83.4 Å². The normalized spacial score (nSPS) is 11.4. The van der Waals surface area contributed by atoms with Crippen molar-refractivity contribution in [2.45, 2.75) is 20.8 Å². The number of para-hydroxylation sites is 2. The Hall–Kier alpha value is -2.39. The fourth-order valence-electron chi connectivity index (χ4n) is 3.22. The van der Waals surface area contributed by atoms with Crippen LogP contribution >= 0.6 is 7.75 Å². The molecule has 3 rings (SSSR count). The molecule has 0 aliphatic rings. The van der Waals surface area contributed by atoms with E-state index in [1.165, 1.54) is 4.67 Å². The van der Waals surface area contributed by atoms with Gasteiger partial charge >= 0.3 is 7.75 Å². The maximum atomic E-state index is 12.5. The average molecular weight is 367 g/mol. The van der Waals surface area contributed by atoms with Gasteiger partial charge in [-0.25, -0.2) is 9.24 Å². The van der Waals surface area contributed by atoms with Crippen molar-refractivity contribution in [2.75, 3.05) is 4.67 Å². The summed E-state index contributed by atoms with van der Waals surface area (Å²) in [4.78, 5) is 20.4. The number of aryl methyl sites for hydroxylation is 3. The first-order valence-electron chi connectivity index (χ1n) is 8.38. The first-order valence-corrected chi connectivity index (χ1v) is 9.94. The second-order valence-corrected chi connectivity index (χ2v) is 7.82. The summed E-state index contributed by atoms with van der Waals surface area (Å²) in [6, 6.07) is 20.8. The highest BCUT2D eigenvalue weighted by Gasteiger charge is 2.32. The third-order valence-electron chi connectivity index (χ3n) is 4.49. The molecule has 0 unspecified atom stereocenters. The van der Waals surface area contributed by atoms with Crippen LogP contribution < -0.4 is 4.67 Å². The van der Waals surface area contributed by atoms with Crippen LogP contribution in [0.2, 0.25) is 0 Å². The molecule has 0 amide bonds. The molecular weight excluding hydrogens is 345 g/mol. The lowest BCUT2D eigenvalue weighted by Gasteiger charge is -2.30. The molecule has 3 aromatic carbocycles. The van der Waals surface area contributed by atoms with E-state index >= 15 is 0 Å². The Morgan fingerprint density at radius 1 is 0.692 bits per heavy atom. The lowest BCUT2D eigenvalue weighted by Crippen LogP contribution is -2.16. The Labute approximate surface area is 154 Å². The first kappa shape index (κ1) is 18.4. The number of anilines is 2. The highest BCUT2D eigenvalue weighted by atomic mass is 31.2. The molecule has 0 fully saturated rings. The summed E-state index contributed by atoms with van der Waals surface area (Å²) in [6.07, 6.45) is 0. The van der Waals surface area contributed by atoms with Crippen molar-refractivity contribution in [1.29, 1.82) is 0 Å². The summed E-state index contributed by atoms with van der Waals surface area (Å²) >= 11 is 0. The minimum absolute atomic E-state index is 0.505. The Balaban J connectivity index is 2.35. The van der Waals surface area contributed by atoms with E-state index in [0.717, 1.165) is 27.8 Å². The number of nitrogens with zero attached hydrogens (tertiary/aromatic N) is 1. The Kier molecular flexibility index (Phi) is 5.01. The number of hydrogen-bond acceptors (Lipinski definition) is 1. The fraction of sp³-hybridized carbons (Fsp3) is 0.143. The van der Waals surface area contributed by atoms with E-state index in [9.17, 15) is 14.4 Å². The SMILES string of the molecule is Cc1ccccc1-c1cccc(C)c1N(c1ccccc1C)P(=O)(O)O. The standard InChI is InChI=1S/C21H22NO3P/c1-15-9-4-6-12-18(15)19-13-8-11-17(3)21(19)22(26(23,24)25)20-14-7-5-10-16(20)2/h4-14H,1-3H3,(H2,23,24,25). The zero-order chi connectivity index (χ0) is 18.9. The molecule has 4 nitrogen and oxygen atoms in total. The van der Waals surface area contributed by atoms with E-state index in [2.05, 4.69) is 0 Å². The van der Waals surface area contributed by atoms with E-state index in [4.69, 9.17) is 0 Å². The highest BCUT2D eigenvalue weighted by molar-refractivity contribution is 7.54. The van der Waals surface area contributed by atoms with Crippen molar-refractivity contribution in [3.8, 4) is 11.1 Å². The van der Waals surface area contributed by atoms with Crippen molar-refractivity contribution >= 4 is 19.1 Å². The second kappa shape index (κ2) is 7.08. The largest absolute Gasteiger partial charge is 0.434 e. The van der Waals surface area contributed by atoms with Gasteiger partial charge in [-0.3, -0.25) is 0 Å². The van der Waals surface area contributed by atoms with E-state index in [0.29, 0.717) is 11.4 Å².